The van der Waals surface area contributed by atoms with E-state index in [4.69, 9.17) is 0 Å². The second-order valence-corrected chi connectivity index (χ2v) is 5.19. The minimum absolute atomic E-state index is 0.0529. The fourth-order valence-corrected chi connectivity index (χ4v) is 2.18. The van der Waals surface area contributed by atoms with E-state index in [1.807, 2.05) is 13.8 Å². The highest BCUT2D eigenvalue weighted by Gasteiger charge is 2.27. The van der Waals surface area contributed by atoms with Gasteiger partial charge in [0.05, 0.1) is 18.5 Å². The van der Waals surface area contributed by atoms with Gasteiger partial charge in [0.1, 0.15) is 5.52 Å². The molecule has 2 aromatic rings. The van der Waals surface area contributed by atoms with Crippen molar-refractivity contribution in [3.63, 3.8) is 0 Å². The van der Waals surface area contributed by atoms with E-state index in [1.165, 1.54) is 0 Å². The molecule has 2 rings (SSSR count). The molecule has 0 saturated heterocycles. The largest absolute Gasteiger partial charge is 0.394 e. The summed E-state index contributed by atoms with van der Waals surface area (Å²) in [5.41, 5.74) is 0.996. The Kier molecular flexibility index (Phi) is 4.95. The van der Waals surface area contributed by atoms with Crippen LogP contribution in [0.3, 0.4) is 0 Å². The quantitative estimate of drug-likeness (QED) is 0.595. The number of rotatable bonds is 8. The number of hydrogen-bond donors (Lipinski definition) is 4. The Balaban J connectivity index is 2.38. The molecular formula is C14H24N6O. The van der Waals surface area contributed by atoms with Crippen LogP contribution >= 0.6 is 0 Å². The molecule has 116 valence electrons. The monoisotopic (exact) mass is 292 g/mol. The van der Waals surface area contributed by atoms with Gasteiger partial charge in [-0.05, 0) is 19.3 Å². The summed E-state index contributed by atoms with van der Waals surface area (Å²) in [6.07, 6.45) is 4.20. The fourth-order valence-electron chi connectivity index (χ4n) is 2.18. The van der Waals surface area contributed by atoms with Crippen molar-refractivity contribution in [3.05, 3.63) is 6.33 Å². The van der Waals surface area contributed by atoms with Crippen molar-refractivity contribution in [1.29, 1.82) is 0 Å². The van der Waals surface area contributed by atoms with E-state index in [0.717, 1.165) is 31.3 Å². The Morgan fingerprint density at radius 2 is 2.00 bits per heavy atom. The SMILES string of the molecule is CCCNc1nc(NC(CC)(CC)CO)c2[nH]cnc2n1. The molecule has 7 heteroatoms. The maximum absolute atomic E-state index is 9.72. The van der Waals surface area contributed by atoms with Crippen LogP contribution in [-0.4, -0.2) is 43.7 Å². The number of nitrogens with zero attached hydrogens (tertiary/aromatic N) is 3. The van der Waals surface area contributed by atoms with Gasteiger partial charge in [0.15, 0.2) is 11.5 Å². The molecule has 0 saturated carbocycles. The zero-order chi connectivity index (χ0) is 15.3. The molecule has 7 nitrogen and oxygen atoms in total. The van der Waals surface area contributed by atoms with Crippen LogP contribution in [0.15, 0.2) is 6.33 Å². The average Bonchev–Trinajstić information content (AvgIpc) is 2.99. The molecule has 0 spiro atoms. The molecule has 0 aliphatic rings. The summed E-state index contributed by atoms with van der Waals surface area (Å²) in [5, 5.41) is 16.3. The summed E-state index contributed by atoms with van der Waals surface area (Å²) in [7, 11) is 0. The topological polar surface area (TPSA) is 98.8 Å². The number of fused-ring (bicyclic) bond motifs is 1. The molecule has 0 aliphatic carbocycles. The lowest BCUT2D eigenvalue weighted by molar-refractivity contribution is 0.202. The molecule has 0 amide bonds. The molecule has 0 radical (unpaired) electrons. The molecule has 0 aromatic carbocycles. The molecule has 2 heterocycles. The van der Waals surface area contributed by atoms with Crippen molar-refractivity contribution >= 4 is 22.9 Å². The number of aliphatic hydroxyl groups is 1. The summed E-state index contributed by atoms with van der Waals surface area (Å²) in [6, 6.07) is 0. The van der Waals surface area contributed by atoms with Crippen molar-refractivity contribution in [2.24, 2.45) is 0 Å². The minimum atomic E-state index is -0.381. The van der Waals surface area contributed by atoms with Gasteiger partial charge in [-0.2, -0.15) is 9.97 Å². The van der Waals surface area contributed by atoms with Gasteiger partial charge in [0.2, 0.25) is 5.95 Å². The lowest BCUT2D eigenvalue weighted by atomic mass is 9.94. The van der Waals surface area contributed by atoms with Gasteiger partial charge in [-0.15, -0.1) is 0 Å². The van der Waals surface area contributed by atoms with Crippen LogP contribution in [0.1, 0.15) is 40.0 Å². The van der Waals surface area contributed by atoms with Crippen LogP contribution in [-0.2, 0) is 0 Å². The van der Waals surface area contributed by atoms with Crippen LogP contribution in [0.25, 0.3) is 11.2 Å². The molecule has 21 heavy (non-hydrogen) atoms. The predicted molar refractivity (Wildman–Crippen MR) is 84.5 cm³/mol. The van der Waals surface area contributed by atoms with E-state index >= 15 is 0 Å². The van der Waals surface area contributed by atoms with Crippen molar-refractivity contribution < 1.29 is 5.11 Å². The van der Waals surface area contributed by atoms with E-state index in [0.29, 0.717) is 17.4 Å². The summed E-state index contributed by atoms with van der Waals surface area (Å²) in [4.78, 5) is 16.2. The van der Waals surface area contributed by atoms with Crippen molar-refractivity contribution in [3.8, 4) is 0 Å². The lowest BCUT2D eigenvalue weighted by Gasteiger charge is -2.31. The molecule has 0 aliphatic heterocycles. The zero-order valence-corrected chi connectivity index (χ0v) is 12.9. The third-order valence-corrected chi connectivity index (χ3v) is 3.86. The van der Waals surface area contributed by atoms with Gasteiger partial charge < -0.3 is 20.7 Å². The zero-order valence-electron chi connectivity index (χ0n) is 12.9. The van der Waals surface area contributed by atoms with Crippen LogP contribution in [0, 0.1) is 0 Å². The smallest absolute Gasteiger partial charge is 0.226 e. The first-order valence-electron chi connectivity index (χ1n) is 7.52. The number of aromatic amines is 1. The summed E-state index contributed by atoms with van der Waals surface area (Å²) in [6.45, 7) is 7.05. The number of hydrogen-bond acceptors (Lipinski definition) is 6. The van der Waals surface area contributed by atoms with Crippen molar-refractivity contribution in [2.75, 3.05) is 23.8 Å². The second kappa shape index (κ2) is 6.71. The summed E-state index contributed by atoms with van der Waals surface area (Å²) >= 11 is 0. The first kappa shape index (κ1) is 15.5. The minimum Gasteiger partial charge on any atom is -0.394 e. The first-order valence-corrected chi connectivity index (χ1v) is 7.52. The van der Waals surface area contributed by atoms with Crippen LogP contribution < -0.4 is 10.6 Å². The van der Waals surface area contributed by atoms with Crippen LogP contribution in [0.5, 0.6) is 0 Å². The Hall–Kier alpha value is -1.89. The maximum Gasteiger partial charge on any atom is 0.226 e. The molecular weight excluding hydrogens is 268 g/mol. The second-order valence-electron chi connectivity index (χ2n) is 5.19. The molecule has 0 atom stereocenters. The Morgan fingerprint density at radius 3 is 2.62 bits per heavy atom. The van der Waals surface area contributed by atoms with Gasteiger partial charge in [0.25, 0.3) is 0 Å². The van der Waals surface area contributed by atoms with E-state index < -0.39 is 0 Å². The molecule has 4 N–H and O–H groups in total. The standard InChI is InChI=1S/C14H24N6O/c1-4-7-15-13-18-11-10(16-9-17-11)12(19-13)20-14(5-2,6-3)8-21/h9,21H,4-8H2,1-3H3,(H3,15,16,17,18,19,20). The number of H-pyrrole nitrogens is 1. The van der Waals surface area contributed by atoms with Gasteiger partial charge in [-0.3, -0.25) is 0 Å². The van der Waals surface area contributed by atoms with E-state index in [9.17, 15) is 5.11 Å². The van der Waals surface area contributed by atoms with Crippen LogP contribution in [0.4, 0.5) is 11.8 Å². The Bertz CT molecular complexity index is 570. The van der Waals surface area contributed by atoms with E-state index in [2.05, 4.69) is 37.5 Å². The lowest BCUT2D eigenvalue weighted by Crippen LogP contribution is -2.41. The van der Waals surface area contributed by atoms with Gasteiger partial charge in [0, 0.05) is 6.54 Å². The highest BCUT2D eigenvalue weighted by Crippen LogP contribution is 2.25. The van der Waals surface area contributed by atoms with Crippen molar-refractivity contribution in [2.45, 2.75) is 45.6 Å². The summed E-state index contributed by atoms with van der Waals surface area (Å²) < 4.78 is 0. The highest BCUT2D eigenvalue weighted by atomic mass is 16.3. The summed E-state index contributed by atoms with van der Waals surface area (Å²) in [5.74, 6) is 1.23. The molecule has 0 fully saturated rings. The normalized spacial score (nSPS) is 11.8. The number of aromatic nitrogens is 4. The number of imidazole rings is 1. The molecule has 2 aromatic heterocycles. The molecule has 0 unspecified atom stereocenters. The highest BCUT2D eigenvalue weighted by molar-refractivity contribution is 5.84. The number of aliphatic hydroxyl groups excluding tert-OH is 1. The van der Waals surface area contributed by atoms with Gasteiger partial charge in [-0.1, -0.05) is 20.8 Å². The average molecular weight is 292 g/mol. The third-order valence-electron chi connectivity index (χ3n) is 3.86. The fraction of sp³-hybridized carbons (Fsp3) is 0.643. The Labute approximate surface area is 124 Å². The van der Waals surface area contributed by atoms with Crippen molar-refractivity contribution in [1.82, 2.24) is 19.9 Å². The van der Waals surface area contributed by atoms with Gasteiger partial charge in [-0.25, -0.2) is 4.98 Å². The number of nitrogens with one attached hydrogen (secondary N) is 3. The third kappa shape index (κ3) is 3.24. The van der Waals surface area contributed by atoms with Crippen LogP contribution in [0.2, 0.25) is 0 Å². The predicted octanol–water partition coefficient (Wildman–Crippen LogP) is 2.14. The Morgan fingerprint density at radius 1 is 1.24 bits per heavy atom. The first-order chi connectivity index (χ1) is 10.2. The molecule has 0 bridgehead atoms. The number of anilines is 2. The van der Waals surface area contributed by atoms with E-state index in [-0.39, 0.29) is 12.1 Å². The maximum atomic E-state index is 9.72. The van der Waals surface area contributed by atoms with E-state index in [1.54, 1.807) is 6.33 Å². The van der Waals surface area contributed by atoms with Gasteiger partial charge >= 0.3 is 0 Å².